The SMILES string of the molecule is SC1=COC2OCOC2=C1. The number of fused-ring (bicyclic) bond motifs is 1. The van der Waals surface area contributed by atoms with E-state index < -0.39 is 0 Å². The molecule has 4 heteroatoms. The van der Waals surface area contributed by atoms with Crippen LogP contribution >= 0.6 is 12.6 Å². The molecule has 2 aliphatic rings. The average molecular weight is 158 g/mol. The third kappa shape index (κ3) is 0.892. The molecule has 1 fully saturated rings. The first-order valence-corrected chi connectivity index (χ1v) is 3.31. The number of allylic oxidation sites excluding steroid dienone is 1. The summed E-state index contributed by atoms with van der Waals surface area (Å²) in [6, 6.07) is 0. The second-order valence-electron chi connectivity index (χ2n) is 1.99. The van der Waals surface area contributed by atoms with Crippen molar-refractivity contribution in [3.63, 3.8) is 0 Å². The summed E-state index contributed by atoms with van der Waals surface area (Å²) in [6.07, 6.45) is 2.98. The molecule has 0 spiro atoms. The Bertz CT molecular complexity index is 209. The minimum atomic E-state index is -0.337. The Morgan fingerprint density at radius 1 is 1.60 bits per heavy atom. The largest absolute Gasteiger partial charge is 0.465 e. The Morgan fingerprint density at radius 3 is 3.40 bits per heavy atom. The average Bonchev–Trinajstić information content (AvgIpc) is 2.33. The van der Waals surface area contributed by atoms with Crippen molar-refractivity contribution in [2.75, 3.05) is 6.79 Å². The lowest BCUT2D eigenvalue weighted by molar-refractivity contribution is -0.0628. The molecule has 0 radical (unpaired) electrons. The van der Waals surface area contributed by atoms with Gasteiger partial charge in [0.1, 0.15) is 6.26 Å². The van der Waals surface area contributed by atoms with E-state index in [1.807, 2.05) is 0 Å². The van der Waals surface area contributed by atoms with Gasteiger partial charge in [0.05, 0.1) is 0 Å². The van der Waals surface area contributed by atoms with Crippen molar-refractivity contribution in [3.8, 4) is 0 Å². The highest BCUT2D eigenvalue weighted by molar-refractivity contribution is 7.84. The molecule has 0 amide bonds. The van der Waals surface area contributed by atoms with E-state index in [2.05, 4.69) is 12.6 Å². The Balaban J connectivity index is 2.24. The van der Waals surface area contributed by atoms with Gasteiger partial charge in [-0.1, -0.05) is 0 Å². The van der Waals surface area contributed by atoms with Gasteiger partial charge in [-0.15, -0.1) is 12.6 Å². The molecule has 54 valence electrons. The van der Waals surface area contributed by atoms with Crippen LogP contribution in [-0.4, -0.2) is 13.1 Å². The first-order valence-electron chi connectivity index (χ1n) is 2.87. The van der Waals surface area contributed by atoms with E-state index in [0.29, 0.717) is 5.76 Å². The third-order valence-corrected chi connectivity index (χ3v) is 1.51. The summed E-state index contributed by atoms with van der Waals surface area (Å²) < 4.78 is 15.1. The van der Waals surface area contributed by atoms with E-state index in [1.54, 1.807) is 6.08 Å². The van der Waals surface area contributed by atoms with Gasteiger partial charge in [-0.3, -0.25) is 4.74 Å². The molecule has 2 aliphatic heterocycles. The molecule has 2 heterocycles. The fraction of sp³-hybridized carbons (Fsp3) is 0.333. The predicted molar refractivity (Wildman–Crippen MR) is 37.1 cm³/mol. The van der Waals surface area contributed by atoms with Crippen molar-refractivity contribution >= 4 is 12.6 Å². The lowest BCUT2D eigenvalue weighted by Crippen LogP contribution is -2.12. The minimum Gasteiger partial charge on any atom is -0.465 e. The van der Waals surface area contributed by atoms with Gasteiger partial charge in [-0.2, -0.15) is 0 Å². The summed E-state index contributed by atoms with van der Waals surface area (Å²) in [6.45, 7) is 0.269. The van der Waals surface area contributed by atoms with E-state index in [-0.39, 0.29) is 13.1 Å². The summed E-state index contributed by atoms with van der Waals surface area (Å²) in [7, 11) is 0. The molecule has 3 nitrogen and oxygen atoms in total. The zero-order valence-corrected chi connectivity index (χ0v) is 6.01. The smallest absolute Gasteiger partial charge is 0.260 e. The maximum atomic E-state index is 5.06. The second-order valence-corrected chi connectivity index (χ2v) is 2.50. The molecule has 1 saturated heterocycles. The Hall–Kier alpha value is -0.610. The van der Waals surface area contributed by atoms with Crippen LogP contribution in [0.4, 0.5) is 0 Å². The highest BCUT2D eigenvalue weighted by Gasteiger charge is 2.26. The van der Waals surface area contributed by atoms with Gasteiger partial charge in [0.15, 0.2) is 12.6 Å². The lowest BCUT2D eigenvalue weighted by atomic mass is 10.4. The monoisotopic (exact) mass is 158 g/mol. The zero-order valence-electron chi connectivity index (χ0n) is 5.11. The van der Waals surface area contributed by atoms with Crippen molar-refractivity contribution in [1.29, 1.82) is 0 Å². The van der Waals surface area contributed by atoms with Crippen LogP contribution in [0.1, 0.15) is 0 Å². The van der Waals surface area contributed by atoms with Gasteiger partial charge >= 0.3 is 0 Å². The lowest BCUT2D eigenvalue weighted by Gasteiger charge is -2.12. The summed E-state index contributed by atoms with van der Waals surface area (Å²) in [5.74, 6) is 0.701. The summed E-state index contributed by atoms with van der Waals surface area (Å²) in [4.78, 5) is 0.747. The standard InChI is InChI=1S/C6H6O3S/c10-4-1-5-6(7-2-4)9-3-8-5/h1-2,6,10H,3H2. The number of thiol groups is 1. The normalized spacial score (nSPS) is 29.5. The summed E-state index contributed by atoms with van der Waals surface area (Å²) in [5.41, 5.74) is 0. The van der Waals surface area contributed by atoms with E-state index in [9.17, 15) is 0 Å². The van der Waals surface area contributed by atoms with Crippen LogP contribution in [0.15, 0.2) is 23.0 Å². The first kappa shape index (κ1) is 6.12. The number of hydrogen-bond acceptors (Lipinski definition) is 4. The maximum absolute atomic E-state index is 5.06. The molecule has 2 rings (SSSR count). The topological polar surface area (TPSA) is 27.7 Å². The third-order valence-electron chi connectivity index (χ3n) is 1.28. The molecule has 0 aliphatic carbocycles. The molecule has 0 saturated carbocycles. The van der Waals surface area contributed by atoms with E-state index in [0.717, 1.165) is 4.91 Å². The quantitative estimate of drug-likeness (QED) is 0.533. The van der Waals surface area contributed by atoms with Crippen LogP contribution in [0, 0.1) is 0 Å². The Kier molecular flexibility index (Phi) is 1.35. The molecule has 0 aromatic rings. The van der Waals surface area contributed by atoms with Crippen LogP contribution in [0.5, 0.6) is 0 Å². The Morgan fingerprint density at radius 2 is 2.50 bits per heavy atom. The number of ether oxygens (including phenoxy) is 3. The van der Waals surface area contributed by atoms with Gasteiger partial charge in [-0.05, 0) is 6.08 Å². The van der Waals surface area contributed by atoms with E-state index in [1.165, 1.54) is 6.26 Å². The van der Waals surface area contributed by atoms with Crippen LogP contribution in [0.25, 0.3) is 0 Å². The van der Waals surface area contributed by atoms with Crippen LogP contribution in [-0.2, 0) is 14.2 Å². The van der Waals surface area contributed by atoms with Crippen molar-refractivity contribution in [1.82, 2.24) is 0 Å². The molecule has 0 N–H and O–H groups in total. The van der Waals surface area contributed by atoms with E-state index >= 15 is 0 Å². The molecular weight excluding hydrogens is 152 g/mol. The molecule has 0 bridgehead atoms. The summed E-state index contributed by atoms with van der Waals surface area (Å²) >= 11 is 4.07. The first-order chi connectivity index (χ1) is 4.86. The fourth-order valence-corrected chi connectivity index (χ4v) is 1.03. The van der Waals surface area contributed by atoms with Gasteiger partial charge in [0.25, 0.3) is 6.29 Å². The van der Waals surface area contributed by atoms with E-state index in [4.69, 9.17) is 14.2 Å². The molecular formula is C6H6O3S. The van der Waals surface area contributed by atoms with Crippen molar-refractivity contribution in [3.05, 3.63) is 23.0 Å². The minimum absolute atomic E-state index is 0.269. The fourth-order valence-electron chi connectivity index (χ4n) is 0.841. The van der Waals surface area contributed by atoms with Gasteiger partial charge in [0, 0.05) is 4.91 Å². The highest BCUT2D eigenvalue weighted by Crippen LogP contribution is 2.25. The van der Waals surface area contributed by atoms with Crippen molar-refractivity contribution in [2.45, 2.75) is 6.29 Å². The zero-order chi connectivity index (χ0) is 6.97. The molecule has 1 unspecified atom stereocenters. The van der Waals surface area contributed by atoms with Gasteiger partial charge < -0.3 is 9.47 Å². The maximum Gasteiger partial charge on any atom is 0.260 e. The Labute approximate surface area is 63.7 Å². The second kappa shape index (κ2) is 2.21. The molecule has 0 aromatic heterocycles. The van der Waals surface area contributed by atoms with Crippen molar-refractivity contribution < 1.29 is 14.2 Å². The molecule has 10 heavy (non-hydrogen) atoms. The van der Waals surface area contributed by atoms with Crippen LogP contribution < -0.4 is 0 Å². The van der Waals surface area contributed by atoms with Gasteiger partial charge in [-0.25, -0.2) is 0 Å². The van der Waals surface area contributed by atoms with Crippen LogP contribution in [0.2, 0.25) is 0 Å². The number of hydrogen-bond donors (Lipinski definition) is 1. The molecule has 0 aromatic carbocycles. The van der Waals surface area contributed by atoms with Crippen molar-refractivity contribution in [2.24, 2.45) is 0 Å². The summed E-state index contributed by atoms with van der Waals surface area (Å²) in [5, 5.41) is 0. The van der Waals surface area contributed by atoms with Gasteiger partial charge in [0.2, 0.25) is 0 Å². The predicted octanol–water partition coefficient (Wildman–Crippen LogP) is 1.00. The number of rotatable bonds is 0. The highest BCUT2D eigenvalue weighted by atomic mass is 32.1. The van der Waals surface area contributed by atoms with Crippen LogP contribution in [0.3, 0.4) is 0 Å². The molecule has 1 atom stereocenters.